The summed E-state index contributed by atoms with van der Waals surface area (Å²) in [5.41, 5.74) is 0.751. The Hall–Kier alpha value is -0.740. The van der Waals surface area contributed by atoms with Gasteiger partial charge in [-0.1, -0.05) is 17.7 Å². The fraction of sp³-hybridized carbons (Fsp3) is 0.462. The van der Waals surface area contributed by atoms with Crippen LogP contribution in [0.4, 0.5) is 0 Å². The van der Waals surface area contributed by atoms with Gasteiger partial charge in [0, 0.05) is 11.1 Å². The molecule has 7 heteroatoms. The molecule has 1 rings (SSSR count). The van der Waals surface area contributed by atoms with Gasteiger partial charge in [0.15, 0.2) is 0 Å². The lowest BCUT2D eigenvalue weighted by Gasteiger charge is -2.14. The lowest BCUT2D eigenvalue weighted by molar-refractivity contribution is 0.556. The van der Waals surface area contributed by atoms with E-state index in [1.807, 2.05) is 19.2 Å². The van der Waals surface area contributed by atoms with Crippen LogP contribution in [0.2, 0.25) is 5.02 Å². The quantitative estimate of drug-likeness (QED) is 0.833. The monoisotopic (exact) mass is 332 g/mol. The van der Waals surface area contributed by atoms with Crippen LogP contribution in [0.3, 0.4) is 0 Å². The van der Waals surface area contributed by atoms with Crippen molar-refractivity contribution < 1.29 is 8.42 Å². The van der Waals surface area contributed by atoms with Crippen molar-refractivity contribution in [3.05, 3.63) is 34.3 Å². The zero-order valence-corrected chi connectivity index (χ0v) is 13.8. The van der Waals surface area contributed by atoms with Gasteiger partial charge in [0.25, 0.3) is 0 Å². The first kappa shape index (κ1) is 17.3. The smallest absolute Gasteiger partial charge is 0.212 e. The van der Waals surface area contributed by atoms with E-state index in [-0.39, 0.29) is 11.8 Å². The van der Waals surface area contributed by atoms with Crippen molar-refractivity contribution in [2.45, 2.75) is 25.1 Å². The van der Waals surface area contributed by atoms with E-state index in [1.165, 1.54) is 6.07 Å². The third kappa shape index (κ3) is 5.71. The standard InChI is InChI=1S/C13H17ClN2O2S2/c1-10(5-6-19-2)16-20(17,18)9-11-3-4-13(14)7-12(11)8-15/h3-4,7,10,16H,5-6,9H2,1-2H3/t10-/m0/s1. The Labute approximate surface area is 129 Å². The zero-order valence-electron chi connectivity index (χ0n) is 11.4. The van der Waals surface area contributed by atoms with Crippen molar-refractivity contribution in [1.29, 1.82) is 5.26 Å². The number of nitrogens with zero attached hydrogens (tertiary/aromatic N) is 1. The van der Waals surface area contributed by atoms with Gasteiger partial charge in [-0.25, -0.2) is 13.1 Å². The Kier molecular flexibility index (Phi) is 6.83. The highest BCUT2D eigenvalue weighted by Crippen LogP contribution is 2.17. The second kappa shape index (κ2) is 7.89. The molecule has 1 aromatic carbocycles. The molecule has 0 amide bonds. The van der Waals surface area contributed by atoms with Crippen LogP contribution in [-0.4, -0.2) is 26.5 Å². The minimum atomic E-state index is -3.46. The van der Waals surface area contributed by atoms with Crippen molar-refractivity contribution >= 4 is 33.4 Å². The summed E-state index contributed by atoms with van der Waals surface area (Å²) in [6, 6.07) is 6.49. The molecule has 0 spiro atoms. The maximum atomic E-state index is 12.1. The van der Waals surface area contributed by atoms with Crippen LogP contribution in [0, 0.1) is 11.3 Å². The molecule has 110 valence electrons. The summed E-state index contributed by atoms with van der Waals surface area (Å²) in [5.74, 6) is 0.685. The number of nitrogens with one attached hydrogen (secondary N) is 1. The average molecular weight is 333 g/mol. The molecule has 1 N–H and O–H groups in total. The van der Waals surface area contributed by atoms with Gasteiger partial charge in [0.05, 0.1) is 17.4 Å². The second-order valence-electron chi connectivity index (χ2n) is 4.47. The van der Waals surface area contributed by atoms with Crippen LogP contribution in [0.1, 0.15) is 24.5 Å². The van der Waals surface area contributed by atoms with Gasteiger partial charge >= 0.3 is 0 Å². The molecule has 4 nitrogen and oxygen atoms in total. The van der Waals surface area contributed by atoms with Crippen LogP contribution in [0.5, 0.6) is 0 Å². The first-order valence-corrected chi connectivity index (χ1v) is 9.48. The lowest BCUT2D eigenvalue weighted by atomic mass is 10.1. The fourth-order valence-electron chi connectivity index (χ4n) is 1.69. The molecule has 0 heterocycles. The van der Waals surface area contributed by atoms with Crippen molar-refractivity contribution in [2.24, 2.45) is 0 Å². The Morgan fingerprint density at radius 3 is 2.80 bits per heavy atom. The van der Waals surface area contributed by atoms with Crippen molar-refractivity contribution in [3.63, 3.8) is 0 Å². The summed E-state index contributed by atoms with van der Waals surface area (Å²) in [7, 11) is -3.46. The number of halogens is 1. The van der Waals surface area contributed by atoms with E-state index in [0.29, 0.717) is 16.1 Å². The maximum absolute atomic E-state index is 12.1. The Balaban J connectivity index is 2.79. The van der Waals surface area contributed by atoms with Crippen molar-refractivity contribution in [3.8, 4) is 6.07 Å². The van der Waals surface area contributed by atoms with Crippen LogP contribution >= 0.6 is 23.4 Å². The van der Waals surface area contributed by atoms with Crippen LogP contribution < -0.4 is 4.72 Å². The second-order valence-corrected chi connectivity index (χ2v) is 7.65. The van der Waals surface area contributed by atoms with Crippen LogP contribution in [0.15, 0.2) is 18.2 Å². The van der Waals surface area contributed by atoms with Gasteiger partial charge in [-0.05, 0) is 43.0 Å². The van der Waals surface area contributed by atoms with Gasteiger partial charge < -0.3 is 0 Å². The normalized spacial score (nSPS) is 12.9. The van der Waals surface area contributed by atoms with E-state index < -0.39 is 10.0 Å². The topological polar surface area (TPSA) is 70.0 Å². The van der Waals surface area contributed by atoms with E-state index >= 15 is 0 Å². The minimum Gasteiger partial charge on any atom is -0.212 e. The van der Waals surface area contributed by atoms with E-state index in [4.69, 9.17) is 16.9 Å². The Bertz CT molecular complexity index is 597. The number of nitriles is 1. The first-order valence-electron chi connectivity index (χ1n) is 6.05. The molecule has 1 aromatic rings. The summed E-state index contributed by atoms with van der Waals surface area (Å²) < 4.78 is 26.8. The third-order valence-electron chi connectivity index (χ3n) is 2.67. The molecule has 0 aliphatic rings. The summed E-state index contributed by atoms with van der Waals surface area (Å²) in [6.45, 7) is 1.83. The molecule has 0 fully saturated rings. The fourth-order valence-corrected chi connectivity index (χ4v) is 3.92. The highest BCUT2D eigenvalue weighted by Gasteiger charge is 2.17. The highest BCUT2D eigenvalue weighted by molar-refractivity contribution is 7.98. The zero-order chi connectivity index (χ0) is 15.2. The molecular formula is C13H17ClN2O2S2. The largest absolute Gasteiger partial charge is 0.216 e. The number of sulfonamides is 1. The molecule has 0 bridgehead atoms. The van der Waals surface area contributed by atoms with Gasteiger partial charge in [-0.2, -0.15) is 17.0 Å². The SMILES string of the molecule is CSCC[C@H](C)NS(=O)(=O)Cc1ccc(Cl)cc1C#N. The number of rotatable bonds is 7. The van der Waals surface area contributed by atoms with E-state index in [1.54, 1.807) is 23.9 Å². The van der Waals surface area contributed by atoms with E-state index in [2.05, 4.69) is 4.72 Å². The van der Waals surface area contributed by atoms with Gasteiger partial charge in [0.1, 0.15) is 0 Å². The minimum absolute atomic E-state index is 0.120. The van der Waals surface area contributed by atoms with Crippen LogP contribution in [0.25, 0.3) is 0 Å². The molecule has 20 heavy (non-hydrogen) atoms. The molecule has 0 radical (unpaired) electrons. The van der Waals surface area contributed by atoms with Gasteiger partial charge in [-0.15, -0.1) is 0 Å². The Morgan fingerprint density at radius 2 is 2.20 bits per heavy atom. The Morgan fingerprint density at radius 1 is 1.50 bits per heavy atom. The van der Waals surface area contributed by atoms with E-state index in [9.17, 15) is 8.42 Å². The number of thioether (sulfide) groups is 1. The molecule has 0 aliphatic carbocycles. The van der Waals surface area contributed by atoms with Crippen molar-refractivity contribution in [1.82, 2.24) is 4.72 Å². The molecule has 0 aliphatic heterocycles. The third-order valence-corrected chi connectivity index (χ3v) is 5.01. The molecule has 0 unspecified atom stereocenters. The van der Waals surface area contributed by atoms with Gasteiger partial charge in [-0.3, -0.25) is 0 Å². The number of hydrogen-bond acceptors (Lipinski definition) is 4. The lowest BCUT2D eigenvalue weighted by Crippen LogP contribution is -2.34. The van der Waals surface area contributed by atoms with E-state index in [0.717, 1.165) is 12.2 Å². The summed E-state index contributed by atoms with van der Waals surface area (Å²) >= 11 is 7.46. The highest BCUT2D eigenvalue weighted by atomic mass is 35.5. The molecule has 0 saturated heterocycles. The summed E-state index contributed by atoms with van der Waals surface area (Å²) in [6.07, 6.45) is 2.75. The molecule has 0 aromatic heterocycles. The predicted molar refractivity (Wildman–Crippen MR) is 84.4 cm³/mol. The molecular weight excluding hydrogens is 316 g/mol. The maximum Gasteiger partial charge on any atom is 0.216 e. The molecule has 0 saturated carbocycles. The average Bonchev–Trinajstić information content (AvgIpc) is 2.37. The van der Waals surface area contributed by atoms with Crippen LogP contribution in [-0.2, 0) is 15.8 Å². The first-order chi connectivity index (χ1) is 9.38. The molecule has 1 atom stereocenters. The predicted octanol–water partition coefficient (Wildman–Crippen LogP) is 2.77. The number of hydrogen-bond donors (Lipinski definition) is 1. The summed E-state index contributed by atoms with van der Waals surface area (Å²) in [5, 5.41) is 9.43. The number of benzene rings is 1. The van der Waals surface area contributed by atoms with Gasteiger partial charge in [0.2, 0.25) is 10.0 Å². The van der Waals surface area contributed by atoms with Crippen molar-refractivity contribution in [2.75, 3.05) is 12.0 Å². The summed E-state index contributed by atoms with van der Waals surface area (Å²) in [4.78, 5) is 0.